The number of thiazole rings is 1. The fourth-order valence-electron chi connectivity index (χ4n) is 3.92. The number of rotatable bonds is 6. The average Bonchev–Trinajstić information content (AvgIpc) is 3.07. The van der Waals surface area contributed by atoms with Gasteiger partial charge in [-0.25, -0.2) is 4.98 Å². The second-order valence-electron chi connectivity index (χ2n) is 7.81. The van der Waals surface area contributed by atoms with Crippen molar-refractivity contribution in [3.8, 4) is 6.07 Å². The van der Waals surface area contributed by atoms with Crippen LogP contribution in [0.25, 0.3) is 0 Å². The Bertz CT molecular complexity index is 1010. The molecule has 160 valence electrons. The Hall–Kier alpha value is -2.54. The number of nitriles is 1. The maximum atomic E-state index is 12.4. The summed E-state index contributed by atoms with van der Waals surface area (Å²) in [6.45, 7) is 10.1. The van der Waals surface area contributed by atoms with Crippen LogP contribution in [-0.4, -0.2) is 46.1 Å². The van der Waals surface area contributed by atoms with Crippen LogP contribution in [-0.2, 0) is 22.5 Å². The molecule has 2 aromatic rings. The highest BCUT2D eigenvalue weighted by molar-refractivity contribution is 7.13. The van der Waals surface area contributed by atoms with Gasteiger partial charge in [-0.2, -0.15) is 5.26 Å². The molecule has 2 N–H and O–H groups in total. The van der Waals surface area contributed by atoms with Crippen LogP contribution in [0.3, 0.4) is 0 Å². The molecule has 0 saturated carbocycles. The molecule has 2 aromatic heterocycles. The zero-order valence-corrected chi connectivity index (χ0v) is 18.6. The molecule has 1 aliphatic rings. The molecule has 0 bridgehead atoms. The smallest absolute Gasteiger partial charge is 0.266 e. The van der Waals surface area contributed by atoms with Crippen LogP contribution >= 0.6 is 11.3 Å². The zero-order chi connectivity index (χ0) is 21.8. The molecule has 1 saturated heterocycles. The first-order valence-corrected chi connectivity index (χ1v) is 10.9. The van der Waals surface area contributed by atoms with Crippen LogP contribution in [0.15, 0.2) is 10.2 Å². The van der Waals surface area contributed by atoms with Gasteiger partial charge in [0.15, 0.2) is 5.13 Å². The fraction of sp³-hybridized carbons (Fsp3) is 0.524. The minimum absolute atomic E-state index is 0.104. The van der Waals surface area contributed by atoms with Crippen molar-refractivity contribution in [3.05, 3.63) is 43.8 Å². The normalized spacial score (nSPS) is 19.4. The Balaban J connectivity index is 1.57. The first-order chi connectivity index (χ1) is 14.3. The monoisotopic (exact) mass is 429 g/mol. The van der Waals surface area contributed by atoms with Gasteiger partial charge in [0.05, 0.1) is 17.9 Å². The van der Waals surface area contributed by atoms with Gasteiger partial charge in [-0.05, 0) is 45.2 Å². The second-order valence-corrected chi connectivity index (χ2v) is 8.67. The number of aromatic nitrogens is 2. The van der Waals surface area contributed by atoms with Gasteiger partial charge in [0.1, 0.15) is 11.6 Å². The van der Waals surface area contributed by atoms with Crippen molar-refractivity contribution in [1.82, 2.24) is 14.9 Å². The molecule has 0 aromatic carbocycles. The molecule has 0 aliphatic carbocycles. The van der Waals surface area contributed by atoms with E-state index in [-0.39, 0.29) is 35.7 Å². The lowest BCUT2D eigenvalue weighted by Crippen LogP contribution is -2.44. The molecule has 3 heterocycles. The standard InChI is InChI=1S/C21H27N5O3S/c1-12-8-26(9-13(2)29-12)10-16-11-30-21(24-16)25-19(27)6-5-17-14(3)18(7-22)20(28)23-15(17)4/h11-13H,5-6,8-10H2,1-4H3,(H,23,28)(H,24,25,27)/t12-,13+. The zero-order valence-electron chi connectivity index (χ0n) is 17.7. The van der Waals surface area contributed by atoms with E-state index >= 15 is 0 Å². The summed E-state index contributed by atoms with van der Waals surface area (Å²) in [6.07, 6.45) is 1.09. The summed E-state index contributed by atoms with van der Waals surface area (Å²) in [7, 11) is 0. The third kappa shape index (κ3) is 5.33. The van der Waals surface area contributed by atoms with E-state index in [1.807, 2.05) is 11.4 Å². The number of pyridine rings is 1. The molecule has 8 nitrogen and oxygen atoms in total. The summed E-state index contributed by atoms with van der Waals surface area (Å²) in [5.41, 5.74) is 2.80. The van der Waals surface area contributed by atoms with Gasteiger partial charge in [-0.1, -0.05) is 0 Å². The number of carbonyl (C=O) groups excluding carboxylic acids is 1. The SMILES string of the molecule is Cc1[nH]c(=O)c(C#N)c(C)c1CCC(=O)Nc1nc(CN2C[C@@H](C)O[C@@H](C)C2)cs1. The van der Waals surface area contributed by atoms with Crippen molar-refractivity contribution in [2.24, 2.45) is 0 Å². The van der Waals surface area contributed by atoms with Gasteiger partial charge in [0.2, 0.25) is 5.91 Å². The van der Waals surface area contributed by atoms with E-state index in [0.29, 0.717) is 22.8 Å². The first-order valence-electron chi connectivity index (χ1n) is 10.0. The van der Waals surface area contributed by atoms with Crippen molar-refractivity contribution in [3.63, 3.8) is 0 Å². The third-order valence-corrected chi connectivity index (χ3v) is 6.01. The Morgan fingerprint density at radius 3 is 2.77 bits per heavy atom. The average molecular weight is 430 g/mol. The number of amides is 1. The van der Waals surface area contributed by atoms with Gasteiger partial charge < -0.3 is 15.0 Å². The lowest BCUT2D eigenvalue weighted by Gasteiger charge is -2.34. The number of ether oxygens (including phenoxy) is 1. The molecule has 0 spiro atoms. The topological polar surface area (TPSA) is 111 Å². The van der Waals surface area contributed by atoms with E-state index < -0.39 is 0 Å². The van der Waals surface area contributed by atoms with E-state index in [1.54, 1.807) is 13.8 Å². The number of anilines is 1. The predicted molar refractivity (Wildman–Crippen MR) is 116 cm³/mol. The van der Waals surface area contributed by atoms with Gasteiger partial charge in [0.25, 0.3) is 5.56 Å². The van der Waals surface area contributed by atoms with Gasteiger partial charge in [-0.3, -0.25) is 14.5 Å². The van der Waals surface area contributed by atoms with Crippen molar-refractivity contribution in [1.29, 1.82) is 5.26 Å². The third-order valence-electron chi connectivity index (χ3n) is 5.20. The molecule has 3 rings (SSSR count). The van der Waals surface area contributed by atoms with Crippen LogP contribution in [0, 0.1) is 25.2 Å². The quantitative estimate of drug-likeness (QED) is 0.730. The molecular formula is C21H27N5O3S. The minimum atomic E-state index is -0.389. The molecule has 0 radical (unpaired) electrons. The van der Waals surface area contributed by atoms with Crippen LogP contribution in [0.1, 0.15) is 48.3 Å². The van der Waals surface area contributed by atoms with Crippen LogP contribution in [0.5, 0.6) is 0 Å². The van der Waals surface area contributed by atoms with E-state index in [0.717, 1.165) is 30.9 Å². The minimum Gasteiger partial charge on any atom is -0.373 e. The highest BCUT2D eigenvalue weighted by Gasteiger charge is 2.23. The van der Waals surface area contributed by atoms with Gasteiger partial charge >= 0.3 is 0 Å². The number of H-pyrrole nitrogens is 1. The largest absolute Gasteiger partial charge is 0.373 e. The van der Waals surface area contributed by atoms with Crippen molar-refractivity contribution >= 4 is 22.4 Å². The summed E-state index contributed by atoms with van der Waals surface area (Å²) < 4.78 is 5.76. The number of morpholine rings is 1. The number of aryl methyl sites for hydroxylation is 1. The lowest BCUT2D eigenvalue weighted by molar-refractivity contribution is -0.116. The molecule has 1 amide bonds. The van der Waals surface area contributed by atoms with Crippen LogP contribution in [0.4, 0.5) is 5.13 Å². The summed E-state index contributed by atoms with van der Waals surface area (Å²) in [5.74, 6) is -0.145. The van der Waals surface area contributed by atoms with Crippen LogP contribution < -0.4 is 10.9 Å². The Morgan fingerprint density at radius 1 is 1.40 bits per heavy atom. The van der Waals surface area contributed by atoms with Crippen molar-refractivity contribution in [2.45, 2.75) is 59.3 Å². The van der Waals surface area contributed by atoms with E-state index in [4.69, 9.17) is 10.00 Å². The van der Waals surface area contributed by atoms with Crippen molar-refractivity contribution in [2.75, 3.05) is 18.4 Å². The molecule has 1 fully saturated rings. The van der Waals surface area contributed by atoms with Gasteiger partial charge in [-0.15, -0.1) is 11.3 Å². The number of hydrogen-bond donors (Lipinski definition) is 2. The number of nitrogens with zero attached hydrogens (tertiary/aromatic N) is 3. The van der Waals surface area contributed by atoms with E-state index in [1.165, 1.54) is 11.3 Å². The Kier molecular flexibility index (Phi) is 7.02. The summed E-state index contributed by atoms with van der Waals surface area (Å²) in [4.78, 5) is 33.8. The van der Waals surface area contributed by atoms with Crippen molar-refractivity contribution < 1.29 is 9.53 Å². The number of nitrogens with one attached hydrogen (secondary N) is 2. The molecule has 9 heteroatoms. The van der Waals surface area contributed by atoms with E-state index in [9.17, 15) is 9.59 Å². The van der Waals surface area contributed by atoms with Gasteiger partial charge in [0, 0.05) is 37.1 Å². The molecular weight excluding hydrogens is 402 g/mol. The highest BCUT2D eigenvalue weighted by atomic mass is 32.1. The van der Waals surface area contributed by atoms with Crippen LogP contribution in [0.2, 0.25) is 0 Å². The Labute approximate surface area is 179 Å². The number of hydrogen-bond acceptors (Lipinski definition) is 7. The highest BCUT2D eigenvalue weighted by Crippen LogP contribution is 2.20. The molecule has 30 heavy (non-hydrogen) atoms. The molecule has 1 aliphatic heterocycles. The number of aromatic amines is 1. The maximum Gasteiger partial charge on any atom is 0.266 e. The fourth-order valence-corrected chi connectivity index (χ4v) is 4.64. The molecule has 2 atom stereocenters. The summed E-state index contributed by atoms with van der Waals surface area (Å²) in [5, 5.41) is 14.6. The summed E-state index contributed by atoms with van der Waals surface area (Å²) in [6, 6.07) is 1.94. The lowest BCUT2D eigenvalue weighted by atomic mass is 9.99. The first kappa shape index (κ1) is 22.2. The summed E-state index contributed by atoms with van der Waals surface area (Å²) >= 11 is 1.41. The predicted octanol–water partition coefficient (Wildman–Crippen LogP) is 2.50. The Morgan fingerprint density at radius 2 is 2.10 bits per heavy atom. The van der Waals surface area contributed by atoms with E-state index in [2.05, 4.69) is 34.0 Å². The number of carbonyl (C=O) groups is 1. The molecule has 0 unspecified atom stereocenters. The second kappa shape index (κ2) is 9.51. The maximum absolute atomic E-state index is 12.4.